The van der Waals surface area contributed by atoms with Gasteiger partial charge in [0, 0.05) is 50.8 Å². The molecule has 1 heterocycles. The highest BCUT2D eigenvalue weighted by Crippen LogP contribution is 2.19. The number of carbonyl (C=O) groups excluding carboxylic acids is 1. The highest BCUT2D eigenvalue weighted by molar-refractivity contribution is 5.90. The summed E-state index contributed by atoms with van der Waals surface area (Å²) in [6.07, 6.45) is 0. The fourth-order valence-corrected chi connectivity index (χ4v) is 2.51. The van der Waals surface area contributed by atoms with Crippen LogP contribution in [0.25, 0.3) is 11.4 Å². The molecule has 0 radical (unpaired) electrons. The highest BCUT2D eigenvalue weighted by atomic mass is 16.2. The van der Waals surface area contributed by atoms with Crippen molar-refractivity contribution in [3.05, 3.63) is 48.5 Å². The van der Waals surface area contributed by atoms with E-state index < -0.39 is 0 Å². The third-order valence-corrected chi connectivity index (χ3v) is 4.05. The zero-order valence-electron chi connectivity index (χ0n) is 15.9. The van der Waals surface area contributed by atoms with Gasteiger partial charge in [0.1, 0.15) is 6.54 Å². The lowest BCUT2D eigenvalue weighted by Crippen LogP contribution is -2.20. The maximum atomic E-state index is 12.2. The summed E-state index contributed by atoms with van der Waals surface area (Å²) in [7, 11) is 7.90. The molecule has 0 unspecified atom stereocenters. The van der Waals surface area contributed by atoms with E-state index in [-0.39, 0.29) is 12.5 Å². The minimum absolute atomic E-state index is 0.00177. The van der Waals surface area contributed by atoms with Gasteiger partial charge >= 0.3 is 0 Å². The van der Waals surface area contributed by atoms with E-state index >= 15 is 0 Å². The maximum absolute atomic E-state index is 12.2. The normalized spacial score (nSPS) is 10.5. The van der Waals surface area contributed by atoms with Crippen LogP contribution < -0.4 is 15.1 Å². The second-order valence-electron chi connectivity index (χ2n) is 6.57. The van der Waals surface area contributed by atoms with Crippen molar-refractivity contribution in [2.75, 3.05) is 43.3 Å². The first-order valence-corrected chi connectivity index (χ1v) is 8.55. The van der Waals surface area contributed by atoms with Crippen LogP contribution in [-0.4, -0.2) is 54.3 Å². The number of nitrogens with one attached hydrogen (secondary N) is 1. The molecule has 0 atom stereocenters. The maximum Gasteiger partial charge on any atom is 0.248 e. The van der Waals surface area contributed by atoms with Gasteiger partial charge < -0.3 is 15.1 Å². The second-order valence-corrected chi connectivity index (χ2v) is 6.57. The average molecular weight is 365 g/mol. The SMILES string of the molecule is CN(C)c1ccc(NC(=O)Cn2nnc(-c3ccc(N(C)C)cc3)n2)cc1. The van der Waals surface area contributed by atoms with Gasteiger partial charge in [-0.3, -0.25) is 4.79 Å². The molecule has 0 saturated carbocycles. The van der Waals surface area contributed by atoms with Crippen molar-refractivity contribution >= 4 is 23.0 Å². The first kappa shape index (κ1) is 18.4. The van der Waals surface area contributed by atoms with Crippen LogP contribution in [0.2, 0.25) is 0 Å². The molecule has 0 aliphatic carbocycles. The Hall–Kier alpha value is -3.42. The fraction of sp³-hybridized carbons (Fsp3) is 0.263. The van der Waals surface area contributed by atoms with Crippen molar-refractivity contribution in [1.29, 1.82) is 0 Å². The summed E-state index contributed by atoms with van der Waals surface area (Å²) in [6.45, 7) is -0.00177. The third kappa shape index (κ3) is 4.60. The lowest BCUT2D eigenvalue weighted by Gasteiger charge is -2.12. The van der Waals surface area contributed by atoms with Crippen molar-refractivity contribution in [2.45, 2.75) is 6.54 Å². The Labute approximate surface area is 158 Å². The molecule has 0 fully saturated rings. The predicted molar refractivity (Wildman–Crippen MR) is 107 cm³/mol. The summed E-state index contributed by atoms with van der Waals surface area (Å²) >= 11 is 0. The Morgan fingerprint density at radius 3 is 2.04 bits per heavy atom. The average Bonchev–Trinajstić information content (AvgIpc) is 3.10. The van der Waals surface area contributed by atoms with Crippen molar-refractivity contribution < 1.29 is 4.79 Å². The molecular formula is C19H23N7O. The van der Waals surface area contributed by atoms with E-state index in [0.29, 0.717) is 5.82 Å². The Morgan fingerprint density at radius 2 is 1.48 bits per heavy atom. The number of hydrogen-bond acceptors (Lipinski definition) is 6. The number of anilines is 3. The number of benzene rings is 2. The number of rotatable bonds is 6. The van der Waals surface area contributed by atoms with Crippen LogP contribution in [0.1, 0.15) is 0 Å². The minimum Gasteiger partial charge on any atom is -0.378 e. The van der Waals surface area contributed by atoms with Gasteiger partial charge in [-0.25, -0.2) is 0 Å². The molecule has 8 heteroatoms. The standard InChI is InChI=1S/C19H23N7O/c1-24(2)16-9-5-14(6-10-16)19-21-23-26(22-19)13-18(27)20-15-7-11-17(12-8-15)25(3)4/h5-12H,13H2,1-4H3,(H,20,27). The molecular weight excluding hydrogens is 342 g/mol. The summed E-state index contributed by atoms with van der Waals surface area (Å²) in [5.41, 5.74) is 3.73. The van der Waals surface area contributed by atoms with E-state index in [4.69, 9.17) is 0 Å². The van der Waals surface area contributed by atoms with Gasteiger partial charge in [0.05, 0.1) is 0 Å². The van der Waals surface area contributed by atoms with Gasteiger partial charge in [-0.1, -0.05) is 0 Å². The van der Waals surface area contributed by atoms with E-state index in [1.165, 1.54) is 4.80 Å². The number of hydrogen-bond donors (Lipinski definition) is 1. The zero-order valence-corrected chi connectivity index (χ0v) is 15.9. The molecule has 3 rings (SSSR count). The van der Waals surface area contributed by atoms with Gasteiger partial charge in [0.2, 0.25) is 11.7 Å². The molecule has 1 N–H and O–H groups in total. The van der Waals surface area contributed by atoms with Gasteiger partial charge in [0.15, 0.2) is 0 Å². The summed E-state index contributed by atoms with van der Waals surface area (Å²) in [6, 6.07) is 15.4. The smallest absolute Gasteiger partial charge is 0.248 e. The molecule has 140 valence electrons. The van der Waals surface area contributed by atoms with Crippen LogP contribution in [0.15, 0.2) is 48.5 Å². The molecule has 1 aromatic heterocycles. The van der Waals surface area contributed by atoms with Crippen molar-refractivity contribution in [1.82, 2.24) is 20.2 Å². The number of aromatic nitrogens is 4. The Balaban J connectivity index is 1.62. The number of nitrogens with zero attached hydrogens (tertiary/aromatic N) is 6. The molecule has 8 nitrogen and oxygen atoms in total. The van der Waals surface area contributed by atoms with Crippen molar-refractivity contribution in [3.8, 4) is 11.4 Å². The van der Waals surface area contributed by atoms with Crippen LogP contribution in [0.5, 0.6) is 0 Å². The van der Waals surface area contributed by atoms with Gasteiger partial charge in [-0.05, 0) is 53.7 Å². The Bertz CT molecular complexity index is 899. The quantitative estimate of drug-likeness (QED) is 0.721. The van der Waals surface area contributed by atoms with Gasteiger partial charge in [-0.2, -0.15) is 4.80 Å². The van der Waals surface area contributed by atoms with Crippen LogP contribution in [0, 0.1) is 0 Å². The molecule has 0 spiro atoms. The number of amides is 1. The van der Waals surface area contributed by atoms with Gasteiger partial charge in [0.25, 0.3) is 0 Å². The first-order chi connectivity index (χ1) is 12.9. The lowest BCUT2D eigenvalue weighted by atomic mass is 10.2. The number of tetrazole rings is 1. The fourth-order valence-electron chi connectivity index (χ4n) is 2.51. The molecule has 27 heavy (non-hydrogen) atoms. The Morgan fingerprint density at radius 1 is 0.926 bits per heavy atom. The first-order valence-electron chi connectivity index (χ1n) is 8.55. The predicted octanol–water partition coefficient (Wildman–Crippen LogP) is 2.11. The van der Waals surface area contributed by atoms with E-state index in [2.05, 4.69) is 20.7 Å². The van der Waals surface area contributed by atoms with Gasteiger partial charge in [-0.15, -0.1) is 10.2 Å². The monoisotopic (exact) mass is 365 g/mol. The largest absolute Gasteiger partial charge is 0.378 e. The number of carbonyl (C=O) groups is 1. The van der Waals surface area contributed by atoms with E-state index in [1.807, 2.05) is 86.5 Å². The van der Waals surface area contributed by atoms with Crippen LogP contribution in [0.4, 0.5) is 17.1 Å². The van der Waals surface area contributed by atoms with Crippen molar-refractivity contribution in [3.63, 3.8) is 0 Å². The van der Waals surface area contributed by atoms with Crippen LogP contribution in [0.3, 0.4) is 0 Å². The third-order valence-electron chi connectivity index (χ3n) is 4.05. The van der Waals surface area contributed by atoms with E-state index in [9.17, 15) is 4.79 Å². The van der Waals surface area contributed by atoms with E-state index in [0.717, 1.165) is 22.6 Å². The van der Waals surface area contributed by atoms with Crippen LogP contribution in [-0.2, 0) is 11.3 Å². The molecule has 0 bridgehead atoms. The topological polar surface area (TPSA) is 79.2 Å². The summed E-state index contributed by atoms with van der Waals surface area (Å²) in [4.78, 5) is 17.5. The minimum atomic E-state index is -0.209. The highest BCUT2D eigenvalue weighted by Gasteiger charge is 2.10. The molecule has 0 aliphatic heterocycles. The Kier molecular flexibility index (Phi) is 5.35. The lowest BCUT2D eigenvalue weighted by molar-refractivity contribution is -0.117. The zero-order chi connectivity index (χ0) is 19.4. The summed E-state index contributed by atoms with van der Waals surface area (Å²) in [5.74, 6) is 0.281. The second kappa shape index (κ2) is 7.86. The molecule has 0 saturated heterocycles. The molecule has 0 aliphatic rings. The summed E-state index contributed by atoms with van der Waals surface area (Å²) < 4.78 is 0. The van der Waals surface area contributed by atoms with Crippen LogP contribution >= 0.6 is 0 Å². The molecule has 2 aromatic carbocycles. The molecule has 1 amide bonds. The summed E-state index contributed by atoms with van der Waals surface area (Å²) in [5, 5.41) is 15.1. The molecule has 3 aromatic rings. The van der Waals surface area contributed by atoms with E-state index in [1.54, 1.807) is 0 Å². The van der Waals surface area contributed by atoms with Crippen molar-refractivity contribution in [2.24, 2.45) is 0 Å².